The van der Waals surface area contributed by atoms with E-state index in [-0.39, 0.29) is 0 Å². The molecule has 1 aromatic rings. The molecule has 1 aromatic heterocycles. The summed E-state index contributed by atoms with van der Waals surface area (Å²) >= 11 is 7.54. The largest absolute Gasteiger partial charge is 0.303 e. The molecule has 2 heterocycles. The third-order valence-corrected chi connectivity index (χ3v) is 6.50. The first kappa shape index (κ1) is 17.2. The summed E-state index contributed by atoms with van der Waals surface area (Å²) in [7, 11) is 0. The molecule has 0 spiro atoms. The van der Waals surface area contributed by atoms with Gasteiger partial charge in [-0.05, 0) is 57.2 Å². The van der Waals surface area contributed by atoms with E-state index in [0.717, 1.165) is 12.1 Å². The van der Waals surface area contributed by atoms with Crippen LogP contribution >= 0.6 is 22.9 Å². The van der Waals surface area contributed by atoms with Gasteiger partial charge in [0.2, 0.25) is 0 Å². The molecule has 0 unspecified atom stereocenters. The lowest BCUT2D eigenvalue weighted by Gasteiger charge is -2.41. The summed E-state index contributed by atoms with van der Waals surface area (Å²) in [6, 6.07) is 0. The SMILES string of the molecule is CCC1(CC)CCN(CCCCc2nc(CCl)cs2)CC1. The minimum absolute atomic E-state index is 0.543. The zero-order chi connectivity index (χ0) is 15.1. The van der Waals surface area contributed by atoms with Crippen molar-refractivity contribution in [3.63, 3.8) is 0 Å². The lowest BCUT2D eigenvalue weighted by molar-refractivity contribution is 0.0944. The molecular formula is C17H29ClN2S. The van der Waals surface area contributed by atoms with E-state index < -0.39 is 0 Å². The summed E-state index contributed by atoms with van der Waals surface area (Å²) < 4.78 is 0. The van der Waals surface area contributed by atoms with Gasteiger partial charge in [-0.15, -0.1) is 22.9 Å². The number of alkyl halides is 1. The van der Waals surface area contributed by atoms with Gasteiger partial charge in [0.05, 0.1) is 16.6 Å². The standard InChI is InChI=1S/C17H29ClN2S/c1-3-17(4-2)8-11-20(12-9-17)10-6-5-7-16-19-15(13-18)14-21-16/h14H,3-13H2,1-2H3. The van der Waals surface area contributed by atoms with E-state index in [2.05, 4.69) is 29.1 Å². The molecule has 0 saturated carbocycles. The quantitative estimate of drug-likeness (QED) is 0.487. The molecule has 120 valence electrons. The van der Waals surface area contributed by atoms with E-state index in [0.29, 0.717) is 11.3 Å². The first-order valence-corrected chi connectivity index (χ1v) is 9.84. The molecule has 1 aliphatic rings. The second-order valence-electron chi connectivity index (χ2n) is 6.37. The molecule has 0 amide bonds. The monoisotopic (exact) mass is 328 g/mol. The third kappa shape index (κ3) is 4.94. The Morgan fingerprint density at radius 3 is 2.52 bits per heavy atom. The maximum absolute atomic E-state index is 5.79. The van der Waals surface area contributed by atoms with Crippen LogP contribution in [0.25, 0.3) is 0 Å². The van der Waals surface area contributed by atoms with Crippen LogP contribution in [0.15, 0.2) is 5.38 Å². The molecule has 2 rings (SSSR count). The average Bonchev–Trinajstić information content (AvgIpc) is 3.00. The molecule has 0 N–H and O–H groups in total. The van der Waals surface area contributed by atoms with E-state index in [9.17, 15) is 0 Å². The van der Waals surface area contributed by atoms with Gasteiger partial charge in [-0.2, -0.15) is 0 Å². The van der Waals surface area contributed by atoms with E-state index in [1.807, 2.05) is 0 Å². The fraction of sp³-hybridized carbons (Fsp3) is 0.824. The number of aromatic nitrogens is 1. The molecule has 0 bridgehead atoms. The number of piperidine rings is 1. The van der Waals surface area contributed by atoms with Gasteiger partial charge in [0.15, 0.2) is 0 Å². The number of likely N-dealkylation sites (tertiary alicyclic amines) is 1. The summed E-state index contributed by atoms with van der Waals surface area (Å²) in [5.74, 6) is 0.543. The van der Waals surface area contributed by atoms with Crippen LogP contribution in [-0.4, -0.2) is 29.5 Å². The summed E-state index contributed by atoms with van der Waals surface area (Å²) in [4.78, 5) is 7.19. The van der Waals surface area contributed by atoms with Gasteiger partial charge in [0.1, 0.15) is 0 Å². The molecule has 1 fully saturated rings. The molecule has 1 saturated heterocycles. The van der Waals surface area contributed by atoms with Crippen LogP contribution in [0.4, 0.5) is 0 Å². The lowest BCUT2D eigenvalue weighted by atomic mass is 9.74. The van der Waals surface area contributed by atoms with E-state index >= 15 is 0 Å². The Morgan fingerprint density at radius 2 is 1.95 bits per heavy atom. The lowest BCUT2D eigenvalue weighted by Crippen LogP contribution is -2.40. The summed E-state index contributed by atoms with van der Waals surface area (Å²) in [6.45, 7) is 8.59. The number of aryl methyl sites for hydroxylation is 1. The van der Waals surface area contributed by atoms with Crippen molar-refractivity contribution in [2.24, 2.45) is 5.41 Å². The van der Waals surface area contributed by atoms with Gasteiger partial charge >= 0.3 is 0 Å². The Kier molecular flexibility index (Phi) is 6.97. The molecular weight excluding hydrogens is 300 g/mol. The molecule has 0 aromatic carbocycles. The van der Waals surface area contributed by atoms with Crippen molar-refractivity contribution in [2.45, 2.75) is 64.7 Å². The maximum atomic E-state index is 5.79. The van der Waals surface area contributed by atoms with Crippen molar-refractivity contribution in [1.29, 1.82) is 0 Å². The normalized spacial score (nSPS) is 19.0. The van der Waals surface area contributed by atoms with Crippen LogP contribution in [0.1, 0.15) is 63.1 Å². The van der Waals surface area contributed by atoms with Crippen molar-refractivity contribution < 1.29 is 0 Å². The number of unbranched alkanes of at least 4 members (excludes halogenated alkanes) is 1. The van der Waals surface area contributed by atoms with Crippen molar-refractivity contribution in [2.75, 3.05) is 19.6 Å². The molecule has 0 aliphatic carbocycles. The molecule has 0 radical (unpaired) electrons. The number of thiazole rings is 1. The molecule has 2 nitrogen and oxygen atoms in total. The van der Waals surface area contributed by atoms with Crippen LogP contribution in [-0.2, 0) is 12.3 Å². The van der Waals surface area contributed by atoms with Crippen LogP contribution in [0.2, 0.25) is 0 Å². The number of hydrogen-bond acceptors (Lipinski definition) is 3. The maximum Gasteiger partial charge on any atom is 0.0928 e. The predicted molar refractivity (Wildman–Crippen MR) is 93.3 cm³/mol. The number of rotatable bonds is 8. The highest BCUT2D eigenvalue weighted by Crippen LogP contribution is 2.37. The minimum atomic E-state index is 0.543. The topological polar surface area (TPSA) is 16.1 Å². The van der Waals surface area contributed by atoms with Crippen molar-refractivity contribution in [3.05, 3.63) is 16.1 Å². The van der Waals surface area contributed by atoms with Crippen molar-refractivity contribution >= 4 is 22.9 Å². The van der Waals surface area contributed by atoms with Gasteiger partial charge in [-0.25, -0.2) is 4.98 Å². The van der Waals surface area contributed by atoms with Gasteiger partial charge in [0, 0.05) is 5.38 Å². The Labute approximate surface area is 138 Å². The summed E-state index contributed by atoms with van der Waals surface area (Å²) in [6.07, 6.45) is 9.15. The fourth-order valence-corrected chi connectivity index (χ4v) is 4.41. The highest BCUT2D eigenvalue weighted by molar-refractivity contribution is 7.09. The Hall–Kier alpha value is -0.120. The van der Waals surface area contributed by atoms with Crippen LogP contribution in [0.5, 0.6) is 0 Å². The van der Waals surface area contributed by atoms with E-state index in [1.165, 1.54) is 63.2 Å². The fourth-order valence-electron chi connectivity index (χ4n) is 3.34. The molecule has 1 aliphatic heterocycles. The highest BCUT2D eigenvalue weighted by Gasteiger charge is 2.30. The molecule has 21 heavy (non-hydrogen) atoms. The van der Waals surface area contributed by atoms with Gasteiger partial charge in [-0.1, -0.05) is 26.7 Å². The number of hydrogen-bond donors (Lipinski definition) is 0. The van der Waals surface area contributed by atoms with Crippen LogP contribution < -0.4 is 0 Å². The smallest absolute Gasteiger partial charge is 0.0928 e. The zero-order valence-corrected chi connectivity index (χ0v) is 15.1. The number of halogens is 1. The van der Waals surface area contributed by atoms with Crippen LogP contribution in [0, 0.1) is 5.41 Å². The van der Waals surface area contributed by atoms with E-state index in [1.54, 1.807) is 11.3 Å². The summed E-state index contributed by atoms with van der Waals surface area (Å²) in [5, 5.41) is 3.34. The van der Waals surface area contributed by atoms with Gasteiger partial charge in [0.25, 0.3) is 0 Å². The molecule has 0 atom stereocenters. The van der Waals surface area contributed by atoms with Crippen molar-refractivity contribution in [3.8, 4) is 0 Å². The van der Waals surface area contributed by atoms with E-state index in [4.69, 9.17) is 11.6 Å². The van der Waals surface area contributed by atoms with Crippen LogP contribution in [0.3, 0.4) is 0 Å². The van der Waals surface area contributed by atoms with Gasteiger partial charge < -0.3 is 4.90 Å². The highest BCUT2D eigenvalue weighted by atomic mass is 35.5. The summed E-state index contributed by atoms with van der Waals surface area (Å²) in [5.41, 5.74) is 1.68. The third-order valence-electron chi connectivity index (χ3n) is 5.27. The average molecular weight is 329 g/mol. The first-order chi connectivity index (χ1) is 10.2. The first-order valence-electron chi connectivity index (χ1n) is 8.43. The number of nitrogens with zero attached hydrogens (tertiary/aromatic N) is 2. The second-order valence-corrected chi connectivity index (χ2v) is 7.58. The predicted octanol–water partition coefficient (Wildman–Crippen LogP) is 5.11. The minimum Gasteiger partial charge on any atom is -0.303 e. The Balaban J connectivity index is 1.62. The zero-order valence-electron chi connectivity index (χ0n) is 13.5. The Bertz CT molecular complexity index is 405. The van der Waals surface area contributed by atoms with Gasteiger partial charge in [-0.3, -0.25) is 0 Å². The second kappa shape index (κ2) is 8.50. The molecule has 4 heteroatoms. The Morgan fingerprint density at radius 1 is 1.24 bits per heavy atom. The van der Waals surface area contributed by atoms with Crippen molar-refractivity contribution in [1.82, 2.24) is 9.88 Å².